The highest BCUT2D eigenvalue weighted by molar-refractivity contribution is 9.10. The summed E-state index contributed by atoms with van der Waals surface area (Å²) in [5, 5.41) is 14.2. The molecule has 12 heteroatoms. The van der Waals surface area contributed by atoms with Crippen molar-refractivity contribution in [3.05, 3.63) is 86.3 Å². The number of benzene rings is 3. The summed E-state index contributed by atoms with van der Waals surface area (Å²) in [6.45, 7) is 0.163. The Hall–Kier alpha value is -2.63. The molecule has 190 valence electrons. The summed E-state index contributed by atoms with van der Waals surface area (Å²) in [7, 11) is 1.54. The lowest BCUT2D eigenvalue weighted by molar-refractivity contribution is -0.118. The summed E-state index contributed by atoms with van der Waals surface area (Å²) >= 11 is 18.7. The molecule has 0 aliphatic rings. The van der Waals surface area contributed by atoms with E-state index in [1.54, 1.807) is 30.3 Å². The van der Waals surface area contributed by atoms with Crippen LogP contribution < -0.4 is 14.9 Å². The van der Waals surface area contributed by atoms with Gasteiger partial charge in [0, 0.05) is 21.2 Å². The molecular weight excluding hydrogens is 619 g/mol. The average molecular weight is 638 g/mol. The van der Waals surface area contributed by atoms with Gasteiger partial charge in [0.15, 0.2) is 15.8 Å². The van der Waals surface area contributed by atoms with Crippen LogP contribution in [0.4, 0.5) is 0 Å². The fraction of sp³-hybridized carbons (Fsp3) is 0.120. The molecule has 0 aliphatic carbocycles. The van der Waals surface area contributed by atoms with Crippen LogP contribution in [0.15, 0.2) is 74.6 Å². The predicted octanol–water partition coefficient (Wildman–Crippen LogP) is 7.10. The number of rotatable bonds is 10. The van der Waals surface area contributed by atoms with Crippen LogP contribution in [0.25, 0.3) is 10.6 Å². The number of carbonyl (C=O) groups is 1. The van der Waals surface area contributed by atoms with Crippen molar-refractivity contribution in [3.63, 3.8) is 0 Å². The van der Waals surface area contributed by atoms with Crippen molar-refractivity contribution in [2.24, 2.45) is 5.10 Å². The topological polar surface area (TPSA) is 85.7 Å². The van der Waals surface area contributed by atoms with Crippen molar-refractivity contribution in [2.75, 3.05) is 12.9 Å². The van der Waals surface area contributed by atoms with Crippen LogP contribution >= 0.6 is 62.2 Å². The third-order valence-corrected chi connectivity index (χ3v) is 8.23. The summed E-state index contributed by atoms with van der Waals surface area (Å²) in [5.74, 6) is 0.861. The maximum atomic E-state index is 12.2. The predicted molar refractivity (Wildman–Crippen MR) is 153 cm³/mol. The molecule has 1 aromatic heterocycles. The zero-order valence-electron chi connectivity index (χ0n) is 19.3. The zero-order valence-corrected chi connectivity index (χ0v) is 24.0. The van der Waals surface area contributed by atoms with Crippen molar-refractivity contribution >= 4 is 74.4 Å². The highest BCUT2D eigenvalue weighted by Gasteiger charge is 2.14. The number of hydrazone groups is 1. The highest BCUT2D eigenvalue weighted by Crippen LogP contribution is 2.38. The van der Waals surface area contributed by atoms with E-state index in [0.717, 1.165) is 10.6 Å². The van der Waals surface area contributed by atoms with E-state index in [0.29, 0.717) is 41.5 Å². The van der Waals surface area contributed by atoms with Crippen LogP contribution in [0.2, 0.25) is 10.0 Å². The van der Waals surface area contributed by atoms with E-state index >= 15 is 0 Å². The van der Waals surface area contributed by atoms with Gasteiger partial charge >= 0.3 is 0 Å². The second-order valence-electron chi connectivity index (χ2n) is 7.34. The first kappa shape index (κ1) is 27.4. The van der Waals surface area contributed by atoms with Gasteiger partial charge in [-0.15, -0.1) is 10.2 Å². The zero-order chi connectivity index (χ0) is 26.2. The maximum absolute atomic E-state index is 12.2. The molecular formula is C25H19BrCl2N4O3S2. The number of nitrogens with zero attached hydrogens (tertiary/aromatic N) is 3. The SMILES string of the molecule is COc1cc(C=NNC(=O)CSc2nnc(-c3ccccc3)s2)cc(Br)c1OCc1c(Cl)cccc1Cl. The van der Waals surface area contributed by atoms with E-state index in [-0.39, 0.29) is 18.3 Å². The molecule has 4 aromatic rings. The highest BCUT2D eigenvalue weighted by atomic mass is 79.9. The number of ether oxygens (including phenoxy) is 2. The average Bonchev–Trinajstić information content (AvgIpc) is 3.37. The van der Waals surface area contributed by atoms with E-state index < -0.39 is 0 Å². The Morgan fingerprint density at radius 3 is 2.62 bits per heavy atom. The summed E-state index contributed by atoms with van der Waals surface area (Å²) in [6, 6.07) is 18.6. The van der Waals surface area contributed by atoms with Crippen LogP contribution in [0, 0.1) is 0 Å². The lowest BCUT2D eigenvalue weighted by Gasteiger charge is -2.14. The number of amides is 1. The maximum Gasteiger partial charge on any atom is 0.250 e. The second kappa shape index (κ2) is 13.3. The minimum absolute atomic E-state index is 0.158. The van der Waals surface area contributed by atoms with Gasteiger partial charge in [-0.2, -0.15) is 5.10 Å². The first-order valence-corrected chi connectivity index (χ1v) is 14.1. The molecule has 0 radical (unpaired) electrons. The van der Waals surface area contributed by atoms with Gasteiger partial charge in [-0.05, 0) is 45.8 Å². The molecule has 3 aromatic carbocycles. The van der Waals surface area contributed by atoms with E-state index in [1.807, 2.05) is 30.3 Å². The lowest BCUT2D eigenvalue weighted by Crippen LogP contribution is -2.19. The fourth-order valence-corrected chi connectivity index (χ4v) is 5.80. The minimum Gasteiger partial charge on any atom is -0.493 e. The van der Waals surface area contributed by atoms with Crippen LogP contribution in [0.5, 0.6) is 11.5 Å². The second-order valence-corrected chi connectivity index (χ2v) is 11.2. The molecule has 0 atom stereocenters. The van der Waals surface area contributed by atoms with Crippen LogP contribution in [0.3, 0.4) is 0 Å². The molecule has 0 bridgehead atoms. The molecule has 1 N–H and O–H groups in total. The van der Waals surface area contributed by atoms with Gasteiger partial charge < -0.3 is 9.47 Å². The van der Waals surface area contributed by atoms with Gasteiger partial charge in [0.05, 0.1) is 23.5 Å². The van der Waals surface area contributed by atoms with E-state index in [9.17, 15) is 4.79 Å². The number of hydrogen-bond acceptors (Lipinski definition) is 8. The quantitative estimate of drug-likeness (QED) is 0.113. The number of methoxy groups -OCH3 is 1. The Bertz CT molecular complexity index is 1400. The monoisotopic (exact) mass is 636 g/mol. The Balaban J connectivity index is 1.32. The molecule has 0 saturated heterocycles. The van der Waals surface area contributed by atoms with Crippen molar-refractivity contribution in [1.82, 2.24) is 15.6 Å². The van der Waals surface area contributed by atoms with Gasteiger partial charge in [-0.25, -0.2) is 5.43 Å². The summed E-state index contributed by atoms with van der Waals surface area (Å²) in [4.78, 5) is 12.2. The van der Waals surface area contributed by atoms with Gasteiger partial charge in [0.1, 0.15) is 11.6 Å². The fourth-order valence-electron chi connectivity index (χ4n) is 3.07. The van der Waals surface area contributed by atoms with Crippen molar-refractivity contribution < 1.29 is 14.3 Å². The van der Waals surface area contributed by atoms with Gasteiger partial charge in [-0.3, -0.25) is 4.79 Å². The van der Waals surface area contributed by atoms with Gasteiger partial charge in [0.25, 0.3) is 5.91 Å². The van der Waals surface area contributed by atoms with Crippen LogP contribution in [-0.4, -0.2) is 35.2 Å². The number of hydrogen-bond donors (Lipinski definition) is 1. The molecule has 7 nitrogen and oxygen atoms in total. The molecule has 1 amide bonds. The Morgan fingerprint density at radius 1 is 1.14 bits per heavy atom. The van der Waals surface area contributed by atoms with Crippen LogP contribution in [0.1, 0.15) is 11.1 Å². The largest absolute Gasteiger partial charge is 0.493 e. The van der Waals surface area contributed by atoms with Gasteiger partial charge in [-0.1, -0.05) is 82.7 Å². The standard InChI is InChI=1S/C25H19BrCl2N4O3S2/c1-34-21-11-15(10-18(26)23(21)35-13-17-19(27)8-5-9-20(17)28)12-29-30-22(33)14-36-25-32-31-24(37-25)16-6-3-2-4-7-16/h2-12H,13-14H2,1H3,(H,30,33). The molecule has 1 heterocycles. The first-order chi connectivity index (χ1) is 17.9. The molecule has 0 aliphatic heterocycles. The molecule has 4 rings (SSSR count). The van der Waals surface area contributed by atoms with Crippen molar-refractivity contribution in [2.45, 2.75) is 10.9 Å². The molecule has 0 saturated carbocycles. The number of carbonyl (C=O) groups excluding carboxylic acids is 1. The van der Waals surface area contributed by atoms with Crippen molar-refractivity contribution in [3.8, 4) is 22.1 Å². The molecule has 37 heavy (non-hydrogen) atoms. The van der Waals surface area contributed by atoms with E-state index in [2.05, 4.69) is 36.7 Å². The number of aromatic nitrogens is 2. The summed E-state index contributed by atoms with van der Waals surface area (Å²) in [5.41, 5.74) is 4.88. The summed E-state index contributed by atoms with van der Waals surface area (Å²) < 4.78 is 12.8. The Kier molecular flexibility index (Phi) is 9.81. The van der Waals surface area contributed by atoms with E-state index in [4.69, 9.17) is 32.7 Å². The number of halogens is 3. The van der Waals surface area contributed by atoms with Crippen LogP contribution in [-0.2, 0) is 11.4 Å². The first-order valence-electron chi connectivity index (χ1n) is 10.7. The lowest BCUT2D eigenvalue weighted by atomic mass is 10.2. The molecule has 0 fully saturated rings. The third-order valence-electron chi connectivity index (χ3n) is 4.83. The number of thioether (sulfide) groups is 1. The Labute approximate surface area is 240 Å². The summed E-state index contributed by atoms with van der Waals surface area (Å²) in [6.07, 6.45) is 1.52. The number of nitrogens with one attached hydrogen (secondary N) is 1. The molecule has 0 spiro atoms. The third kappa shape index (κ3) is 7.45. The Morgan fingerprint density at radius 2 is 1.89 bits per heavy atom. The smallest absolute Gasteiger partial charge is 0.250 e. The van der Waals surface area contributed by atoms with Crippen molar-refractivity contribution in [1.29, 1.82) is 0 Å². The molecule has 0 unspecified atom stereocenters. The van der Waals surface area contributed by atoms with Gasteiger partial charge in [0.2, 0.25) is 0 Å². The normalized spacial score (nSPS) is 11.0. The van der Waals surface area contributed by atoms with E-state index in [1.165, 1.54) is 36.4 Å². The minimum atomic E-state index is -0.264.